The van der Waals surface area contributed by atoms with E-state index in [4.69, 9.17) is 4.74 Å². The van der Waals surface area contributed by atoms with Gasteiger partial charge < -0.3 is 9.64 Å². The van der Waals surface area contributed by atoms with Crippen molar-refractivity contribution >= 4 is 10.2 Å². The fourth-order valence-corrected chi connectivity index (χ4v) is 4.78. The number of hydrogen-bond acceptors (Lipinski definition) is 4. The molecule has 0 amide bonds. The number of hydrogen-bond donors (Lipinski definition) is 0. The first-order chi connectivity index (χ1) is 10.6. The highest BCUT2D eigenvalue weighted by atomic mass is 32.2. The molecule has 2 fully saturated rings. The lowest BCUT2D eigenvalue weighted by molar-refractivity contribution is 0.0660. The Labute approximate surface area is 132 Å². The summed E-state index contributed by atoms with van der Waals surface area (Å²) in [6.07, 6.45) is 0. The lowest BCUT2D eigenvalue weighted by Gasteiger charge is -2.42. The van der Waals surface area contributed by atoms with E-state index >= 15 is 0 Å². The third kappa shape index (κ3) is 3.18. The zero-order valence-electron chi connectivity index (χ0n) is 12.9. The maximum absolute atomic E-state index is 13.0. The first-order valence-electron chi connectivity index (χ1n) is 7.67. The van der Waals surface area contributed by atoms with Crippen LogP contribution in [0, 0.1) is 0 Å². The van der Waals surface area contributed by atoms with Gasteiger partial charge in [0.2, 0.25) is 0 Å². The number of rotatable bonds is 3. The summed E-state index contributed by atoms with van der Waals surface area (Å²) in [5, 5.41) is 0. The lowest BCUT2D eigenvalue weighted by Crippen LogP contribution is -2.55. The van der Waals surface area contributed by atoms with Crippen LogP contribution in [0.5, 0.6) is 0 Å². The first kappa shape index (κ1) is 15.9. The van der Waals surface area contributed by atoms with Crippen LogP contribution in [-0.4, -0.2) is 74.9 Å². The van der Waals surface area contributed by atoms with Gasteiger partial charge in [-0.05, 0) is 12.6 Å². The van der Waals surface area contributed by atoms with E-state index in [9.17, 15) is 8.42 Å². The molecule has 1 atom stereocenters. The van der Waals surface area contributed by atoms with Gasteiger partial charge in [-0.15, -0.1) is 0 Å². The third-order valence-corrected chi connectivity index (χ3v) is 6.36. The van der Waals surface area contributed by atoms with E-state index in [-0.39, 0.29) is 6.04 Å². The molecule has 1 aromatic rings. The van der Waals surface area contributed by atoms with Crippen molar-refractivity contribution in [2.24, 2.45) is 0 Å². The van der Waals surface area contributed by atoms with Crippen molar-refractivity contribution in [3.05, 3.63) is 35.9 Å². The number of likely N-dealkylation sites (N-methyl/N-ethyl adjacent to an activating group) is 1. The van der Waals surface area contributed by atoms with Crippen molar-refractivity contribution in [1.29, 1.82) is 0 Å². The van der Waals surface area contributed by atoms with Gasteiger partial charge in [0.15, 0.2) is 0 Å². The topological polar surface area (TPSA) is 53.1 Å². The molecule has 0 radical (unpaired) electrons. The van der Waals surface area contributed by atoms with Gasteiger partial charge in [0.05, 0.1) is 19.3 Å². The van der Waals surface area contributed by atoms with Crippen LogP contribution in [0.25, 0.3) is 0 Å². The van der Waals surface area contributed by atoms with Gasteiger partial charge in [0, 0.05) is 32.7 Å². The second-order valence-electron chi connectivity index (χ2n) is 5.82. The number of piperazine rings is 1. The Balaban J connectivity index is 1.89. The predicted octanol–water partition coefficient (Wildman–Crippen LogP) is 0.552. The van der Waals surface area contributed by atoms with Crippen LogP contribution >= 0.6 is 0 Å². The Morgan fingerprint density at radius 1 is 1.05 bits per heavy atom. The van der Waals surface area contributed by atoms with Crippen LogP contribution in [0.15, 0.2) is 30.3 Å². The zero-order valence-corrected chi connectivity index (χ0v) is 13.7. The molecule has 3 rings (SSSR count). The Hall–Kier alpha value is -0.990. The SMILES string of the molecule is CN1CCN(S(=O)(=O)N2CCOCC2)C(c2ccccc2)C1. The van der Waals surface area contributed by atoms with Crippen LogP contribution < -0.4 is 0 Å². The van der Waals surface area contributed by atoms with Gasteiger partial charge in [-0.1, -0.05) is 30.3 Å². The van der Waals surface area contributed by atoms with Crippen molar-refractivity contribution in [3.63, 3.8) is 0 Å². The highest BCUT2D eigenvalue weighted by molar-refractivity contribution is 7.86. The molecule has 1 unspecified atom stereocenters. The van der Waals surface area contributed by atoms with Crippen LogP contribution in [0.2, 0.25) is 0 Å². The molecule has 2 aliphatic heterocycles. The maximum atomic E-state index is 13.0. The summed E-state index contributed by atoms with van der Waals surface area (Å²) in [6, 6.07) is 9.76. The molecule has 0 N–H and O–H groups in total. The quantitative estimate of drug-likeness (QED) is 0.814. The van der Waals surface area contributed by atoms with Crippen LogP contribution in [-0.2, 0) is 14.9 Å². The maximum Gasteiger partial charge on any atom is 0.282 e. The molecule has 0 aromatic heterocycles. The van der Waals surface area contributed by atoms with Crippen molar-refractivity contribution in [1.82, 2.24) is 13.5 Å². The molecule has 6 nitrogen and oxygen atoms in total. The minimum Gasteiger partial charge on any atom is -0.379 e. The Morgan fingerprint density at radius 3 is 2.41 bits per heavy atom. The smallest absolute Gasteiger partial charge is 0.282 e. The lowest BCUT2D eigenvalue weighted by atomic mass is 10.1. The van der Waals surface area contributed by atoms with E-state index in [1.54, 1.807) is 8.61 Å². The van der Waals surface area contributed by atoms with E-state index in [1.165, 1.54) is 0 Å². The molecule has 2 heterocycles. The van der Waals surface area contributed by atoms with Gasteiger partial charge >= 0.3 is 0 Å². The zero-order chi connectivity index (χ0) is 15.6. The monoisotopic (exact) mass is 325 g/mol. The second-order valence-corrected chi connectivity index (χ2v) is 7.70. The Kier molecular flexibility index (Phi) is 4.79. The average molecular weight is 325 g/mol. The molecule has 2 aliphatic rings. The summed E-state index contributed by atoms with van der Waals surface area (Å²) in [6.45, 7) is 3.83. The highest BCUT2D eigenvalue weighted by Crippen LogP contribution is 2.29. The molecule has 1 aromatic carbocycles. The van der Waals surface area contributed by atoms with Crippen LogP contribution in [0.1, 0.15) is 11.6 Å². The highest BCUT2D eigenvalue weighted by Gasteiger charge is 2.39. The van der Waals surface area contributed by atoms with E-state index < -0.39 is 10.2 Å². The summed E-state index contributed by atoms with van der Waals surface area (Å²) in [5.74, 6) is 0. The van der Waals surface area contributed by atoms with E-state index in [0.717, 1.165) is 12.1 Å². The summed E-state index contributed by atoms with van der Waals surface area (Å²) < 4.78 is 34.5. The van der Waals surface area contributed by atoms with Crippen LogP contribution in [0.3, 0.4) is 0 Å². The molecule has 7 heteroatoms. The first-order valence-corrected chi connectivity index (χ1v) is 9.07. The number of nitrogens with zero attached hydrogens (tertiary/aromatic N) is 3. The average Bonchev–Trinajstić information content (AvgIpc) is 2.56. The standard InChI is InChI=1S/C15H23N3O3S/c1-16-7-8-18(15(13-16)14-5-3-2-4-6-14)22(19,20)17-9-11-21-12-10-17/h2-6,15H,7-13H2,1H3. The molecule has 122 valence electrons. The van der Waals surface area contributed by atoms with Gasteiger partial charge in [0.1, 0.15) is 0 Å². The van der Waals surface area contributed by atoms with Crippen molar-refractivity contribution in [2.45, 2.75) is 6.04 Å². The predicted molar refractivity (Wildman–Crippen MR) is 84.7 cm³/mol. The van der Waals surface area contributed by atoms with E-state index in [0.29, 0.717) is 39.4 Å². The van der Waals surface area contributed by atoms with Gasteiger partial charge in [0.25, 0.3) is 10.2 Å². The van der Waals surface area contributed by atoms with Crippen LogP contribution in [0.4, 0.5) is 0 Å². The second kappa shape index (κ2) is 6.64. The van der Waals surface area contributed by atoms with Gasteiger partial charge in [-0.3, -0.25) is 0 Å². The fourth-order valence-electron chi connectivity index (χ4n) is 3.05. The van der Waals surface area contributed by atoms with Crippen molar-refractivity contribution in [3.8, 4) is 0 Å². The summed E-state index contributed by atoms with van der Waals surface area (Å²) in [4.78, 5) is 2.18. The largest absolute Gasteiger partial charge is 0.379 e. The minimum absolute atomic E-state index is 0.132. The Bertz CT molecular complexity index is 587. The summed E-state index contributed by atoms with van der Waals surface area (Å²) in [7, 11) is -1.41. The summed E-state index contributed by atoms with van der Waals surface area (Å²) in [5.41, 5.74) is 1.05. The minimum atomic E-state index is -3.45. The molecule has 0 saturated carbocycles. The Morgan fingerprint density at radius 2 is 1.73 bits per heavy atom. The van der Waals surface area contributed by atoms with Gasteiger partial charge in [-0.2, -0.15) is 17.0 Å². The molecule has 2 saturated heterocycles. The third-order valence-electron chi connectivity index (χ3n) is 4.31. The number of morpholine rings is 1. The number of ether oxygens (including phenoxy) is 1. The number of benzene rings is 1. The normalized spacial score (nSPS) is 26.1. The molecule has 0 bridgehead atoms. The van der Waals surface area contributed by atoms with E-state index in [2.05, 4.69) is 4.90 Å². The molecule has 22 heavy (non-hydrogen) atoms. The molecule has 0 spiro atoms. The van der Waals surface area contributed by atoms with Crippen molar-refractivity contribution < 1.29 is 13.2 Å². The molecular formula is C15H23N3O3S. The molecular weight excluding hydrogens is 302 g/mol. The van der Waals surface area contributed by atoms with E-state index in [1.807, 2.05) is 37.4 Å². The van der Waals surface area contributed by atoms with Crippen molar-refractivity contribution in [2.75, 3.05) is 53.0 Å². The van der Waals surface area contributed by atoms with Gasteiger partial charge in [-0.25, -0.2) is 0 Å². The molecule has 0 aliphatic carbocycles. The fraction of sp³-hybridized carbons (Fsp3) is 0.600. The summed E-state index contributed by atoms with van der Waals surface area (Å²) >= 11 is 0.